The second-order valence-electron chi connectivity index (χ2n) is 6.61. The van der Waals surface area contributed by atoms with Crippen LogP contribution < -0.4 is 10.2 Å². The van der Waals surface area contributed by atoms with Gasteiger partial charge >= 0.3 is 0 Å². The molecule has 0 spiro atoms. The van der Waals surface area contributed by atoms with Gasteiger partial charge in [-0.2, -0.15) is 5.10 Å². The Morgan fingerprint density at radius 2 is 2.11 bits per heavy atom. The maximum atomic E-state index is 12.0. The van der Waals surface area contributed by atoms with E-state index in [0.29, 0.717) is 23.7 Å². The second kappa shape index (κ2) is 9.57. The first kappa shape index (κ1) is 20.2. The van der Waals surface area contributed by atoms with Crippen LogP contribution in [0, 0.1) is 6.92 Å². The van der Waals surface area contributed by atoms with Gasteiger partial charge in [0.05, 0.1) is 6.21 Å². The summed E-state index contributed by atoms with van der Waals surface area (Å²) < 4.78 is 5.62. The Kier molecular flexibility index (Phi) is 7.17. The van der Waals surface area contributed by atoms with E-state index >= 15 is 0 Å². The van der Waals surface area contributed by atoms with Crippen molar-refractivity contribution in [1.29, 1.82) is 0 Å². The Bertz CT molecular complexity index is 841. The van der Waals surface area contributed by atoms with Crippen molar-refractivity contribution in [3.63, 3.8) is 0 Å². The molecule has 0 unspecified atom stereocenters. The maximum absolute atomic E-state index is 12.0. The van der Waals surface area contributed by atoms with Crippen molar-refractivity contribution >= 4 is 12.1 Å². The molecule has 142 valence electrons. The van der Waals surface area contributed by atoms with E-state index in [2.05, 4.69) is 37.0 Å². The van der Waals surface area contributed by atoms with E-state index < -0.39 is 0 Å². The van der Waals surface area contributed by atoms with Gasteiger partial charge in [0.25, 0.3) is 5.91 Å². The summed E-state index contributed by atoms with van der Waals surface area (Å²) in [5, 5.41) is 14.1. The number of aryl methyl sites for hydroxylation is 1. The third-order valence-corrected chi connectivity index (χ3v) is 4.15. The van der Waals surface area contributed by atoms with Gasteiger partial charge in [0, 0.05) is 5.56 Å². The minimum Gasteiger partial charge on any atom is -0.507 e. The first-order valence-electron chi connectivity index (χ1n) is 8.89. The fourth-order valence-corrected chi connectivity index (χ4v) is 2.52. The number of para-hydroxylation sites is 1. The molecule has 0 fully saturated rings. The van der Waals surface area contributed by atoms with Gasteiger partial charge < -0.3 is 9.84 Å². The van der Waals surface area contributed by atoms with Crippen LogP contribution in [0.3, 0.4) is 0 Å². The normalized spacial score (nSPS) is 11.0. The topological polar surface area (TPSA) is 70.9 Å². The fraction of sp³-hybridized carbons (Fsp3) is 0.273. The lowest BCUT2D eigenvalue weighted by Gasteiger charge is -2.12. The molecule has 0 aliphatic carbocycles. The number of carbonyl (C=O) groups excluding carboxylic acids is 1. The number of nitrogens with zero attached hydrogens (tertiary/aromatic N) is 1. The summed E-state index contributed by atoms with van der Waals surface area (Å²) in [5.41, 5.74) is 5.82. The van der Waals surface area contributed by atoms with E-state index in [0.717, 1.165) is 16.7 Å². The van der Waals surface area contributed by atoms with Crippen molar-refractivity contribution in [3.8, 4) is 11.5 Å². The molecule has 0 saturated heterocycles. The molecule has 0 atom stereocenters. The Hall–Kier alpha value is -3.08. The molecule has 1 amide bonds. The van der Waals surface area contributed by atoms with Gasteiger partial charge in [0.15, 0.2) is 6.61 Å². The van der Waals surface area contributed by atoms with Gasteiger partial charge in [-0.1, -0.05) is 44.2 Å². The monoisotopic (exact) mass is 366 g/mol. The highest BCUT2D eigenvalue weighted by atomic mass is 16.5. The van der Waals surface area contributed by atoms with E-state index in [1.54, 1.807) is 12.1 Å². The molecular formula is C22H26N2O3. The number of nitrogens with one attached hydrogen (secondary N) is 1. The summed E-state index contributed by atoms with van der Waals surface area (Å²) >= 11 is 0. The zero-order valence-electron chi connectivity index (χ0n) is 16.0. The van der Waals surface area contributed by atoms with E-state index in [4.69, 9.17) is 4.74 Å². The second-order valence-corrected chi connectivity index (χ2v) is 6.61. The molecular weight excluding hydrogens is 340 g/mol. The van der Waals surface area contributed by atoms with Crippen molar-refractivity contribution in [2.24, 2.45) is 5.10 Å². The summed E-state index contributed by atoms with van der Waals surface area (Å²) in [4.78, 5) is 12.0. The number of ether oxygens (including phenoxy) is 1. The van der Waals surface area contributed by atoms with Gasteiger partial charge in [-0.05, 0) is 48.1 Å². The number of hydrazone groups is 1. The van der Waals surface area contributed by atoms with Crippen LogP contribution >= 0.6 is 0 Å². The predicted octanol–water partition coefficient (Wildman–Crippen LogP) is 4.08. The molecule has 0 radical (unpaired) electrons. The number of allylic oxidation sites excluding steroid dienone is 1. The van der Waals surface area contributed by atoms with Gasteiger partial charge in [0.2, 0.25) is 0 Å². The lowest BCUT2D eigenvalue weighted by Crippen LogP contribution is -2.24. The van der Waals surface area contributed by atoms with E-state index in [9.17, 15) is 9.90 Å². The van der Waals surface area contributed by atoms with Crippen molar-refractivity contribution in [3.05, 3.63) is 71.3 Å². The molecule has 2 aromatic carbocycles. The van der Waals surface area contributed by atoms with Gasteiger partial charge in [-0.25, -0.2) is 5.43 Å². The average Bonchev–Trinajstić information content (AvgIpc) is 2.64. The Morgan fingerprint density at radius 3 is 2.81 bits per heavy atom. The molecule has 0 bridgehead atoms. The average molecular weight is 366 g/mol. The van der Waals surface area contributed by atoms with Gasteiger partial charge in [0.1, 0.15) is 11.5 Å². The summed E-state index contributed by atoms with van der Waals surface area (Å²) in [5.74, 6) is 0.834. The van der Waals surface area contributed by atoms with Gasteiger partial charge in [-0.15, -0.1) is 6.58 Å². The largest absolute Gasteiger partial charge is 0.507 e. The molecule has 0 aliphatic heterocycles. The van der Waals surface area contributed by atoms with Crippen LogP contribution in [-0.4, -0.2) is 23.8 Å². The number of phenolic OH excluding ortho intramolecular Hbond substituents is 1. The minimum atomic E-state index is -0.373. The highest BCUT2D eigenvalue weighted by molar-refractivity contribution is 5.86. The van der Waals surface area contributed by atoms with Crippen molar-refractivity contribution in [1.82, 2.24) is 5.43 Å². The van der Waals surface area contributed by atoms with Crippen LogP contribution in [0.2, 0.25) is 0 Å². The van der Waals surface area contributed by atoms with Crippen LogP contribution in [0.15, 0.2) is 54.2 Å². The molecule has 27 heavy (non-hydrogen) atoms. The number of rotatable bonds is 8. The van der Waals surface area contributed by atoms with Crippen LogP contribution in [0.1, 0.15) is 42.0 Å². The lowest BCUT2D eigenvalue weighted by atomic mass is 10.0. The van der Waals surface area contributed by atoms with Crippen LogP contribution in [0.5, 0.6) is 11.5 Å². The predicted molar refractivity (Wildman–Crippen MR) is 109 cm³/mol. The summed E-state index contributed by atoms with van der Waals surface area (Å²) in [6, 6.07) is 11.3. The maximum Gasteiger partial charge on any atom is 0.277 e. The Balaban J connectivity index is 1.94. The van der Waals surface area contributed by atoms with Crippen LogP contribution in [-0.2, 0) is 11.2 Å². The molecule has 5 nitrogen and oxygen atoms in total. The minimum absolute atomic E-state index is 0.132. The summed E-state index contributed by atoms with van der Waals surface area (Å²) in [7, 11) is 0. The standard InChI is InChI=1S/C22H26N2O3/c1-5-7-17-8-6-9-19(22(17)26)13-23-24-21(25)14-27-20-12-18(15(2)3)11-10-16(20)4/h5-6,8-13,15,26H,1,7,14H2,2-4H3,(H,24,25). The first-order valence-corrected chi connectivity index (χ1v) is 8.89. The number of hydrogen-bond donors (Lipinski definition) is 2. The highest BCUT2D eigenvalue weighted by Crippen LogP contribution is 2.24. The van der Waals surface area contributed by atoms with E-state index in [1.807, 2.05) is 31.2 Å². The summed E-state index contributed by atoms with van der Waals surface area (Å²) in [6.45, 7) is 9.68. The highest BCUT2D eigenvalue weighted by Gasteiger charge is 2.08. The number of phenols is 1. The molecule has 0 aromatic heterocycles. The number of amides is 1. The van der Waals surface area contributed by atoms with E-state index in [1.165, 1.54) is 6.21 Å². The fourth-order valence-electron chi connectivity index (χ4n) is 2.52. The van der Waals surface area contributed by atoms with Crippen molar-refractivity contribution < 1.29 is 14.6 Å². The smallest absolute Gasteiger partial charge is 0.277 e. The van der Waals surface area contributed by atoms with Gasteiger partial charge in [-0.3, -0.25) is 4.79 Å². The van der Waals surface area contributed by atoms with Crippen molar-refractivity contribution in [2.45, 2.75) is 33.1 Å². The summed E-state index contributed by atoms with van der Waals surface area (Å²) in [6.07, 6.45) is 3.68. The number of aromatic hydroxyl groups is 1. The lowest BCUT2D eigenvalue weighted by molar-refractivity contribution is -0.123. The zero-order valence-corrected chi connectivity index (χ0v) is 16.0. The SMILES string of the molecule is C=CCc1cccc(C=NNC(=O)COc2cc(C(C)C)ccc2C)c1O. The molecule has 2 N–H and O–H groups in total. The molecule has 2 aromatic rings. The molecule has 2 rings (SSSR count). The number of carbonyl (C=O) groups is 1. The molecule has 0 saturated carbocycles. The van der Waals surface area contributed by atoms with E-state index in [-0.39, 0.29) is 18.3 Å². The van der Waals surface area contributed by atoms with Crippen LogP contribution in [0.25, 0.3) is 0 Å². The first-order chi connectivity index (χ1) is 12.9. The van der Waals surface area contributed by atoms with Crippen molar-refractivity contribution in [2.75, 3.05) is 6.61 Å². The number of hydrogen-bond acceptors (Lipinski definition) is 4. The molecule has 0 heterocycles. The quantitative estimate of drug-likeness (QED) is 0.420. The number of benzene rings is 2. The molecule has 0 aliphatic rings. The zero-order chi connectivity index (χ0) is 19.8. The third-order valence-electron chi connectivity index (χ3n) is 4.15. The third kappa shape index (κ3) is 5.71. The Labute approximate surface area is 160 Å². The molecule has 5 heteroatoms. The Morgan fingerprint density at radius 1 is 1.33 bits per heavy atom. The van der Waals surface area contributed by atoms with Crippen LogP contribution in [0.4, 0.5) is 0 Å².